The molecule has 0 aromatic heterocycles. The molecule has 8 heteroatoms. The normalized spacial score (nSPS) is 13.3. The Balaban J connectivity index is 2.09. The van der Waals surface area contributed by atoms with Gasteiger partial charge in [-0.15, -0.1) is 0 Å². The van der Waals surface area contributed by atoms with E-state index in [-0.39, 0.29) is 17.9 Å². The molecule has 3 rings (SSSR count). The molecule has 0 fully saturated rings. The summed E-state index contributed by atoms with van der Waals surface area (Å²) >= 11 is -2.95. The Morgan fingerprint density at radius 1 is 0.709 bits per heavy atom. The number of methoxy groups -OCH3 is 2. The van der Waals surface area contributed by atoms with Gasteiger partial charge in [0.15, 0.2) is 0 Å². The summed E-state index contributed by atoms with van der Waals surface area (Å²) in [4.78, 5) is 0. The molecule has 0 spiro atoms. The van der Waals surface area contributed by atoms with Crippen molar-refractivity contribution in [1.29, 1.82) is 0 Å². The van der Waals surface area contributed by atoms with E-state index in [1.165, 1.54) is 62.2 Å². The number of hydrogen-bond donors (Lipinski definition) is 0. The Kier molecular flexibility index (Phi) is 22.5. The van der Waals surface area contributed by atoms with Crippen LogP contribution in [0.15, 0.2) is 94.6 Å². The molecule has 3 aromatic carbocycles. The van der Waals surface area contributed by atoms with E-state index in [4.69, 9.17) is 28.1 Å². The molecule has 0 saturated heterocycles. The summed E-state index contributed by atoms with van der Waals surface area (Å²) in [7, 11) is 0.691. The van der Waals surface area contributed by atoms with Crippen LogP contribution >= 0.6 is 0 Å². The van der Waals surface area contributed by atoms with E-state index in [2.05, 4.69) is 120 Å². The molecule has 55 heavy (non-hydrogen) atoms. The van der Waals surface area contributed by atoms with Gasteiger partial charge in [-0.05, 0) is 0 Å². The monoisotopic (exact) mass is 882 g/mol. The van der Waals surface area contributed by atoms with Crippen LogP contribution in [0.4, 0.5) is 0 Å². The van der Waals surface area contributed by atoms with E-state index in [0.717, 1.165) is 24.2 Å². The van der Waals surface area contributed by atoms with E-state index in [1.54, 1.807) is 17.8 Å². The van der Waals surface area contributed by atoms with Gasteiger partial charge in [0.25, 0.3) is 0 Å². The van der Waals surface area contributed by atoms with Crippen LogP contribution in [0.5, 0.6) is 5.75 Å². The summed E-state index contributed by atoms with van der Waals surface area (Å²) in [5.74, 6) is 0.856. The predicted octanol–water partition coefficient (Wildman–Crippen LogP) is 10.9. The Hall–Kier alpha value is -1.98. The van der Waals surface area contributed by atoms with Crippen molar-refractivity contribution in [3.8, 4) is 5.75 Å². The van der Waals surface area contributed by atoms with Gasteiger partial charge in [-0.1, -0.05) is 0 Å². The molecule has 3 aromatic rings. The van der Waals surface area contributed by atoms with Crippen molar-refractivity contribution in [2.24, 2.45) is 0 Å². The van der Waals surface area contributed by atoms with E-state index in [9.17, 15) is 0 Å². The average Bonchev–Trinajstić information content (AvgIpc) is 3.20. The number of hydrogen-bond acceptors (Lipinski definition) is 6. The predicted molar refractivity (Wildman–Crippen MR) is 236 cm³/mol. The van der Waals surface area contributed by atoms with Crippen molar-refractivity contribution in [2.75, 3.05) is 47.4 Å². The van der Waals surface area contributed by atoms with Crippen molar-refractivity contribution in [1.82, 2.24) is 0 Å². The third-order valence-corrected chi connectivity index (χ3v) is 32.3. The Morgan fingerprint density at radius 3 is 1.75 bits per heavy atom. The van der Waals surface area contributed by atoms with Crippen LogP contribution in [0, 0.1) is 0 Å². The first-order valence-corrected chi connectivity index (χ1v) is 30.4. The van der Waals surface area contributed by atoms with Gasteiger partial charge in [0.1, 0.15) is 0 Å². The van der Waals surface area contributed by atoms with Gasteiger partial charge in [0.2, 0.25) is 0 Å². The molecular weight excluding hydrogens is 807 g/mol. The zero-order valence-electron chi connectivity index (χ0n) is 35.7. The molecule has 0 unspecified atom stereocenters. The first kappa shape index (κ1) is 47.4. The summed E-state index contributed by atoms with van der Waals surface area (Å²) < 4.78 is 42.6. The van der Waals surface area contributed by atoms with Gasteiger partial charge >= 0.3 is 342 Å². The number of benzene rings is 3. The summed E-state index contributed by atoms with van der Waals surface area (Å²) in [6.07, 6.45) is 11.9. The SMILES string of the molecule is CCC[CH2][Sn]([CH2]CCC)([CH2]CCC)/[C](=C/CO[Si](c1ccccc1)(c1ccccc1)C(C)(C)C)C[C@@H](CCOCOCCOC)OCc1ccc(OC)cc1. The third-order valence-electron chi connectivity index (χ3n) is 11.0. The van der Waals surface area contributed by atoms with Gasteiger partial charge < -0.3 is 0 Å². The molecule has 0 aliphatic heterocycles. The number of ether oxygens (including phenoxy) is 5. The van der Waals surface area contributed by atoms with Gasteiger partial charge in [-0.2, -0.15) is 0 Å². The molecule has 1 atom stereocenters. The van der Waals surface area contributed by atoms with Crippen LogP contribution in [-0.2, 0) is 30.0 Å². The van der Waals surface area contributed by atoms with Crippen LogP contribution in [0.2, 0.25) is 18.3 Å². The Labute approximate surface area is 340 Å². The van der Waals surface area contributed by atoms with Crippen LogP contribution in [-0.4, -0.2) is 80.2 Å². The van der Waals surface area contributed by atoms with Crippen molar-refractivity contribution < 1.29 is 28.1 Å². The van der Waals surface area contributed by atoms with E-state index in [0.29, 0.717) is 33.0 Å². The maximum absolute atomic E-state index is 7.58. The van der Waals surface area contributed by atoms with Gasteiger partial charge in [-0.25, -0.2) is 0 Å². The fourth-order valence-corrected chi connectivity index (χ4v) is 29.5. The van der Waals surface area contributed by atoms with Gasteiger partial charge in [-0.3, -0.25) is 0 Å². The first-order valence-electron chi connectivity index (χ1n) is 21.0. The van der Waals surface area contributed by atoms with Crippen LogP contribution in [0.1, 0.15) is 98.5 Å². The molecule has 306 valence electrons. The molecule has 0 radical (unpaired) electrons. The Bertz CT molecular complexity index is 1380. The quantitative estimate of drug-likeness (QED) is 0.0393. The van der Waals surface area contributed by atoms with Crippen molar-refractivity contribution in [3.63, 3.8) is 0 Å². The molecule has 0 N–H and O–H groups in total. The first-order chi connectivity index (χ1) is 26.7. The third kappa shape index (κ3) is 15.0. The molecule has 0 saturated carbocycles. The van der Waals surface area contributed by atoms with Crippen molar-refractivity contribution >= 4 is 37.1 Å². The van der Waals surface area contributed by atoms with Gasteiger partial charge in [0, 0.05) is 0 Å². The summed E-state index contributed by atoms with van der Waals surface area (Å²) in [5.41, 5.74) is 1.15. The zero-order valence-corrected chi connectivity index (χ0v) is 39.6. The second-order valence-corrected chi connectivity index (χ2v) is 33.7. The summed E-state index contributed by atoms with van der Waals surface area (Å²) in [6, 6.07) is 30.4. The van der Waals surface area contributed by atoms with Crippen LogP contribution in [0.3, 0.4) is 0 Å². The maximum atomic E-state index is 7.58. The fraction of sp³-hybridized carbons (Fsp3) is 0.574. The van der Waals surface area contributed by atoms with Crippen LogP contribution in [0.25, 0.3) is 0 Å². The van der Waals surface area contributed by atoms with Crippen molar-refractivity contribution in [3.05, 3.63) is 100 Å². The molecule has 6 nitrogen and oxygen atoms in total. The van der Waals surface area contributed by atoms with Crippen LogP contribution < -0.4 is 15.1 Å². The fourth-order valence-electron chi connectivity index (χ4n) is 7.91. The molecular formula is C47H74O6SiSn. The molecule has 0 aliphatic rings. The van der Waals surface area contributed by atoms with Crippen molar-refractivity contribution in [2.45, 2.75) is 124 Å². The second-order valence-electron chi connectivity index (χ2n) is 16.0. The summed E-state index contributed by atoms with van der Waals surface area (Å²) in [5, 5.41) is 2.57. The Morgan fingerprint density at radius 2 is 1.25 bits per heavy atom. The minimum atomic E-state index is -2.95. The van der Waals surface area contributed by atoms with E-state index < -0.39 is 26.7 Å². The topological polar surface area (TPSA) is 55.4 Å². The summed E-state index contributed by atoms with van der Waals surface area (Å²) in [6.45, 7) is 17.3. The minimum absolute atomic E-state index is 0.0150. The van der Waals surface area contributed by atoms with E-state index >= 15 is 0 Å². The van der Waals surface area contributed by atoms with Gasteiger partial charge in [0.05, 0.1) is 0 Å². The average molecular weight is 882 g/mol. The second kappa shape index (κ2) is 26.1. The number of unbranched alkanes of at least 4 members (excludes halogenated alkanes) is 3. The molecule has 0 bridgehead atoms. The zero-order chi connectivity index (χ0) is 39.8. The molecule has 0 heterocycles. The molecule has 0 amide bonds. The molecule has 0 aliphatic carbocycles. The number of rotatable bonds is 29. The van der Waals surface area contributed by atoms with E-state index in [1.807, 2.05) is 12.1 Å². The standard InChI is InChI=1S/C35H47O6Si.3C4H9.Sn/c1-35(2,3)42(33-15-8-6-9-16-33,34-17-10-7-11-18-34)41-24-13-12-14-32(23-25-38-29-39-27-26-36-4)40-28-30-19-21-31(37-5)22-20-30;3*1-3-4-2;/h6-11,13,15-22,32H,14,23-29H2,1-5H3;3*1,3-4H2,2H3;/t32-;;;;/m0..../s1.